The van der Waals surface area contributed by atoms with Crippen LogP contribution in [0, 0.1) is 0 Å². The molecule has 0 aromatic heterocycles. The van der Waals surface area contributed by atoms with Crippen molar-refractivity contribution in [3.63, 3.8) is 0 Å². The molecule has 0 aliphatic carbocycles. The molecule has 8 heteroatoms. The van der Waals surface area contributed by atoms with Crippen molar-refractivity contribution in [1.29, 1.82) is 0 Å². The predicted octanol–water partition coefficient (Wildman–Crippen LogP) is 4.96. The molecule has 7 nitrogen and oxygen atoms in total. The molecule has 0 atom stereocenters. The van der Waals surface area contributed by atoms with Crippen LogP contribution in [0.15, 0.2) is 66.7 Å². The summed E-state index contributed by atoms with van der Waals surface area (Å²) < 4.78 is 15.2. The van der Waals surface area contributed by atoms with Gasteiger partial charge < -0.3 is 19.5 Å². The first kappa shape index (κ1) is 21.9. The predicted molar refractivity (Wildman–Crippen MR) is 115 cm³/mol. The molecule has 31 heavy (non-hydrogen) atoms. The van der Waals surface area contributed by atoms with Crippen LogP contribution in [0.3, 0.4) is 0 Å². The fourth-order valence-electron chi connectivity index (χ4n) is 2.74. The highest BCUT2D eigenvalue weighted by atomic mass is 35.5. The maximum Gasteiger partial charge on any atom is 0.338 e. The largest absolute Gasteiger partial charge is 0.465 e. The highest BCUT2D eigenvalue weighted by molar-refractivity contribution is 6.34. The minimum absolute atomic E-state index is 0.0236. The smallest absolute Gasteiger partial charge is 0.338 e. The number of carbonyl (C=O) groups is 3. The van der Waals surface area contributed by atoms with Gasteiger partial charge in [-0.15, -0.1) is 0 Å². The lowest BCUT2D eigenvalue weighted by atomic mass is 10.1. The third-order valence-corrected chi connectivity index (χ3v) is 4.60. The van der Waals surface area contributed by atoms with Gasteiger partial charge in [-0.3, -0.25) is 4.79 Å². The van der Waals surface area contributed by atoms with Gasteiger partial charge in [0, 0.05) is 5.69 Å². The molecule has 3 rings (SSSR count). The zero-order chi connectivity index (χ0) is 22.4. The Hall–Kier alpha value is -3.84. The number of rotatable bonds is 6. The van der Waals surface area contributed by atoms with Crippen LogP contribution in [-0.4, -0.2) is 32.1 Å². The van der Waals surface area contributed by atoms with Gasteiger partial charge in [0.15, 0.2) is 0 Å². The van der Waals surface area contributed by atoms with E-state index < -0.39 is 11.9 Å². The summed E-state index contributed by atoms with van der Waals surface area (Å²) in [6.07, 6.45) is 0. The number of hydrogen-bond acceptors (Lipinski definition) is 6. The van der Waals surface area contributed by atoms with Crippen LogP contribution in [0.2, 0.25) is 5.02 Å². The quantitative estimate of drug-likeness (QED) is 0.546. The number of esters is 2. The number of nitrogens with one attached hydrogen (secondary N) is 1. The van der Waals surface area contributed by atoms with Crippen molar-refractivity contribution in [2.24, 2.45) is 0 Å². The molecule has 3 aromatic carbocycles. The van der Waals surface area contributed by atoms with E-state index in [1.165, 1.54) is 32.4 Å². The van der Waals surface area contributed by atoms with Crippen LogP contribution in [0.25, 0.3) is 0 Å². The summed E-state index contributed by atoms with van der Waals surface area (Å²) in [5.41, 5.74) is 1.01. The summed E-state index contributed by atoms with van der Waals surface area (Å²) in [6.45, 7) is 0. The van der Waals surface area contributed by atoms with E-state index >= 15 is 0 Å². The van der Waals surface area contributed by atoms with Gasteiger partial charge in [0.05, 0.1) is 35.9 Å². The molecule has 1 amide bonds. The molecular weight excluding hydrogens is 422 g/mol. The summed E-state index contributed by atoms with van der Waals surface area (Å²) >= 11 is 6.04. The van der Waals surface area contributed by atoms with Gasteiger partial charge in [-0.1, -0.05) is 23.7 Å². The van der Waals surface area contributed by atoms with Crippen LogP contribution in [0.5, 0.6) is 11.5 Å². The van der Waals surface area contributed by atoms with E-state index in [0.29, 0.717) is 27.8 Å². The first-order valence-electron chi connectivity index (χ1n) is 9.07. The number of amides is 1. The molecular formula is C23H18ClNO6. The molecule has 158 valence electrons. The van der Waals surface area contributed by atoms with E-state index in [1.807, 2.05) is 0 Å². The maximum absolute atomic E-state index is 12.3. The third kappa shape index (κ3) is 5.21. The minimum atomic E-state index is -0.691. The molecule has 0 fully saturated rings. The van der Waals surface area contributed by atoms with E-state index in [9.17, 15) is 14.4 Å². The molecule has 0 saturated heterocycles. The van der Waals surface area contributed by atoms with Crippen molar-refractivity contribution in [1.82, 2.24) is 0 Å². The van der Waals surface area contributed by atoms with E-state index in [4.69, 9.17) is 21.1 Å². The average molecular weight is 440 g/mol. The Bertz CT molecular complexity index is 1130. The van der Waals surface area contributed by atoms with Crippen LogP contribution < -0.4 is 10.1 Å². The second-order valence-electron chi connectivity index (χ2n) is 6.25. The molecule has 0 aliphatic rings. The Balaban J connectivity index is 1.75. The Morgan fingerprint density at radius 2 is 1.35 bits per heavy atom. The maximum atomic E-state index is 12.3. The fraction of sp³-hybridized carbons (Fsp3) is 0.0870. The van der Waals surface area contributed by atoms with E-state index in [1.54, 1.807) is 48.5 Å². The molecule has 1 N–H and O–H groups in total. The standard InChI is InChI=1S/C23H18ClNO6/c1-29-22(27)17-12-11-16(13-19(17)23(28)30-2)31-15-9-7-14(8-10-15)25-21(26)18-5-3-4-6-20(18)24/h3-13H,1-2H3,(H,25,26). The normalized spacial score (nSPS) is 10.2. The molecule has 0 heterocycles. The highest BCUT2D eigenvalue weighted by Crippen LogP contribution is 2.26. The summed E-state index contributed by atoms with van der Waals surface area (Å²) in [4.78, 5) is 36.2. The van der Waals surface area contributed by atoms with Gasteiger partial charge in [-0.25, -0.2) is 9.59 Å². The second-order valence-corrected chi connectivity index (χ2v) is 6.66. The number of methoxy groups -OCH3 is 2. The van der Waals surface area contributed by atoms with Crippen molar-refractivity contribution in [2.75, 3.05) is 19.5 Å². The highest BCUT2D eigenvalue weighted by Gasteiger charge is 2.19. The van der Waals surface area contributed by atoms with Gasteiger partial charge in [-0.05, 0) is 54.6 Å². The summed E-state index contributed by atoms with van der Waals surface area (Å²) in [7, 11) is 2.44. The van der Waals surface area contributed by atoms with Crippen LogP contribution in [0.1, 0.15) is 31.1 Å². The lowest BCUT2D eigenvalue weighted by Gasteiger charge is -2.11. The number of benzene rings is 3. The molecule has 0 aliphatic heterocycles. The van der Waals surface area contributed by atoms with Gasteiger partial charge in [0.25, 0.3) is 5.91 Å². The zero-order valence-corrected chi connectivity index (χ0v) is 17.4. The first-order chi connectivity index (χ1) is 14.9. The first-order valence-corrected chi connectivity index (χ1v) is 9.45. The monoisotopic (exact) mass is 439 g/mol. The van der Waals surface area contributed by atoms with Crippen LogP contribution >= 0.6 is 11.6 Å². The average Bonchev–Trinajstić information content (AvgIpc) is 2.79. The molecule has 0 bridgehead atoms. The topological polar surface area (TPSA) is 90.9 Å². The minimum Gasteiger partial charge on any atom is -0.465 e. The number of halogens is 1. The van der Waals surface area contributed by atoms with Crippen LogP contribution in [-0.2, 0) is 9.47 Å². The number of anilines is 1. The summed E-state index contributed by atoms with van der Waals surface area (Å²) in [5, 5.41) is 3.11. The van der Waals surface area contributed by atoms with Crippen molar-refractivity contribution >= 4 is 35.1 Å². The molecule has 0 saturated carbocycles. The Kier molecular flexibility index (Phi) is 6.89. The zero-order valence-electron chi connectivity index (χ0n) is 16.7. The van der Waals surface area contributed by atoms with Crippen molar-refractivity contribution in [3.05, 3.63) is 88.4 Å². The molecule has 0 radical (unpaired) electrons. The van der Waals surface area contributed by atoms with Crippen molar-refractivity contribution < 1.29 is 28.6 Å². The lowest BCUT2D eigenvalue weighted by Crippen LogP contribution is -2.12. The number of hydrogen-bond donors (Lipinski definition) is 1. The fourth-order valence-corrected chi connectivity index (χ4v) is 2.96. The Labute approximate surface area is 183 Å². The van der Waals surface area contributed by atoms with Crippen molar-refractivity contribution in [2.45, 2.75) is 0 Å². The van der Waals surface area contributed by atoms with Crippen LogP contribution in [0.4, 0.5) is 5.69 Å². The Morgan fingerprint density at radius 1 is 0.742 bits per heavy atom. The number of ether oxygens (including phenoxy) is 3. The molecule has 0 unspecified atom stereocenters. The summed E-state index contributed by atoms with van der Waals surface area (Å²) in [5.74, 6) is -0.910. The summed E-state index contributed by atoms with van der Waals surface area (Å²) in [6, 6.07) is 17.7. The van der Waals surface area contributed by atoms with Gasteiger partial charge >= 0.3 is 11.9 Å². The van der Waals surface area contributed by atoms with E-state index in [-0.39, 0.29) is 17.0 Å². The van der Waals surface area contributed by atoms with E-state index in [2.05, 4.69) is 10.1 Å². The van der Waals surface area contributed by atoms with E-state index in [0.717, 1.165) is 0 Å². The lowest BCUT2D eigenvalue weighted by molar-refractivity contribution is 0.0555. The SMILES string of the molecule is COC(=O)c1ccc(Oc2ccc(NC(=O)c3ccccc3Cl)cc2)cc1C(=O)OC. The molecule has 0 spiro atoms. The van der Waals surface area contributed by atoms with Gasteiger partial charge in [0.1, 0.15) is 11.5 Å². The molecule has 3 aromatic rings. The number of carbonyl (C=O) groups excluding carboxylic acids is 3. The van der Waals surface area contributed by atoms with Gasteiger partial charge in [0.2, 0.25) is 0 Å². The Morgan fingerprint density at radius 3 is 2.00 bits per heavy atom. The van der Waals surface area contributed by atoms with Gasteiger partial charge in [-0.2, -0.15) is 0 Å². The second kappa shape index (κ2) is 9.77. The van der Waals surface area contributed by atoms with Crippen molar-refractivity contribution in [3.8, 4) is 11.5 Å². The third-order valence-electron chi connectivity index (χ3n) is 4.27.